The molecule has 1 aliphatic heterocycles. The summed E-state index contributed by atoms with van der Waals surface area (Å²) >= 11 is 0. The van der Waals surface area contributed by atoms with Gasteiger partial charge in [0.2, 0.25) is 10.0 Å². The number of aromatic amines is 2. The number of nitrogens with zero attached hydrogens (tertiary/aromatic N) is 1. The van der Waals surface area contributed by atoms with Crippen molar-refractivity contribution in [1.82, 2.24) is 14.3 Å². The molecule has 3 aromatic carbocycles. The molecule has 2 N–H and O–H groups in total. The summed E-state index contributed by atoms with van der Waals surface area (Å²) in [5.74, 6) is 1.29. The van der Waals surface area contributed by atoms with E-state index in [4.69, 9.17) is 9.47 Å². The molecule has 1 aliphatic rings. The molecule has 2 aromatic heterocycles. The van der Waals surface area contributed by atoms with Gasteiger partial charge in [-0.25, -0.2) is 12.8 Å². The van der Waals surface area contributed by atoms with Gasteiger partial charge in [-0.15, -0.1) is 0 Å². The molecule has 0 bridgehead atoms. The lowest BCUT2D eigenvalue weighted by molar-refractivity contribution is 0.257. The van der Waals surface area contributed by atoms with E-state index in [1.807, 2.05) is 24.3 Å². The number of piperidine rings is 1. The molecular formula is C30H30FN3O4S. The Balaban J connectivity index is 1.39. The number of nitrogens with one attached hydrogen (secondary N) is 2. The Kier molecular flexibility index (Phi) is 6.56. The fourth-order valence-corrected chi connectivity index (χ4v) is 7.36. The highest BCUT2D eigenvalue weighted by molar-refractivity contribution is 7.89. The molecule has 0 radical (unpaired) electrons. The molecule has 0 atom stereocenters. The summed E-state index contributed by atoms with van der Waals surface area (Å²) in [6, 6.07) is 17.1. The van der Waals surface area contributed by atoms with Gasteiger partial charge in [0.1, 0.15) is 17.3 Å². The van der Waals surface area contributed by atoms with Crippen LogP contribution in [0.15, 0.2) is 78.0 Å². The highest BCUT2D eigenvalue weighted by Gasteiger charge is 2.36. The first-order chi connectivity index (χ1) is 18.9. The standard InChI is InChI=1S/C30H30FN3O4S/c1-37-21-5-9-28-24(15-21)26(17-32-28)30(27-18-33-29-10-6-22(38-2)16-25(27)29)19-11-13-34(14-12-19)39(35,36)23-7-3-20(31)4-8-23/h3-10,15-19,30,32-33H,11-14H2,1-2H3. The molecule has 5 aromatic rings. The second-order valence-electron chi connectivity index (χ2n) is 9.98. The minimum Gasteiger partial charge on any atom is -0.497 e. The summed E-state index contributed by atoms with van der Waals surface area (Å²) in [6.45, 7) is 0.774. The number of sulfonamides is 1. The number of hydrogen-bond donors (Lipinski definition) is 2. The van der Waals surface area contributed by atoms with Gasteiger partial charge in [-0.05, 0) is 90.6 Å². The number of rotatable bonds is 7. The fraction of sp³-hybridized carbons (Fsp3) is 0.267. The van der Waals surface area contributed by atoms with Crippen LogP contribution in [0, 0.1) is 11.7 Å². The van der Waals surface area contributed by atoms with Gasteiger partial charge < -0.3 is 19.4 Å². The van der Waals surface area contributed by atoms with Gasteiger partial charge in [0.25, 0.3) is 0 Å². The molecular weight excluding hydrogens is 517 g/mol. The molecule has 202 valence electrons. The van der Waals surface area contributed by atoms with Crippen LogP contribution in [0.4, 0.5) is 4.39 Å². The maximum absolute atomic E-state index is 13.4. The molecule has 3 heterocycles. The van der Waals surface area contributed by atoms with Crippen molar-refractivity contribution in [1.29, 1.82) is 0 Å². The monoisotopic (exact) mass is 547 g/mol. The van der Waals surface area contributed by atoms with Crippen LogP contribution < -0.4 is 9.47 Å². The lowest BCUT2D eigenvalue weighted by atomic mass is 9.76. The van der Waals surface area contributed by atoms with Gasteiger partial charge in [-0.2, -0.15) is 4.31 Å². The van der Waals surface area contributed by atoms with Crippen LogP contribution in [-0.4, -0.2) is 50.0 Å². The van der Waals surface area contributed by atoms with E-state index >= 15 is 0 Å². The van der Waals surface area contributed by atoms with Crippen molar-refractivity contribution in [2.24, 2.45) is 5.92 Å². The average molecular weight is 548 g/mol. The van der Waals surface area contributed by atoms with E-state index in [1.165, 1.54) is 28.6 Å². The number of ether oxygens (including phenoxy) is 2. The van der Waals surface area contributed by atoms with E-state index in [0.29, 0.717) is 25.9 Å². The van der Waals surface area contributed by atoms with Crippen LogP contribution in [-0.2, 0) is 10.0 Å². The largest absolute Gasteiger partial charge is 0.497 e. The van der Waals surface area contributed by atoms with Crippen molar-refractivity contribution in [3.63, 3.8) is 0 Å². The molecule has 1 saturated heterocycles. The predicted molar refractivity (Wildman–Crippen MR) is 149 cm³/mol. The molecule has 0 aliphatic carbocycles. The summed E-state index contributed by atoms with van der Waals surface area (Å²) in [4.78, 5) is 6.96. The minimum atomic E-state index is -3.70. The van der Waals surface area contributed by atoms with Crippen molar-refractivity contribution in [3.05, 3.63) is 90.0 Å². The fourth-order valence-electron chi connectivity index (χ4n) is 5.89. The van der Waals surface area contributed by atoms with Crippen molar-refractivity contribution in [3.8, 4) is 11.5 Å². The van der Waals surface area contributed by atoms with E-state index in [-0.39, 0.29) is 16.7 Å². The van der Waals surface area contributed by atoms with Crippen molar-refractivity contribution in [2.45, 2.75) is 23.7 Å². The molecule has 1 fully saturated rings. The first-order valence-corrected chi connectivity index (χ1v) is 14.4. The molecule has 9 heteroatoms. The zero-order valence-electron chi connectivity index (χ0n) is 21.8. The normalized spacial score (nSPS) is 15.4. The lowest BCUT2D eigenvalue weighted by Gasteiger charge is -2.35. The molecule has 7 nitrogen and oxygen atoms in total. The highest BCUT2D eigenvalue weighted by atomic mass is 32.2. The number of benzene rings is 3. The zero-order chi connectivity index (χ0) is 27.1. The third kappa shape index (κ3) is 4.55. The summed E-state index contributed by atoms with van der Waals surface area (Å²) in [7, 11) is -0.380. The maximum Gasteiger partial charge on any atom is 0.243 e. The van der Waals surface area contributed by atoms with Crippen molar-refractivity contribution < 1.29 is 22.3 Å². The van der Waals surface area contributed by atoms with Crippen LogP contribution >= 0.6 is 0 Å². The number of methoxy groups -OCH3 is 2. The third-order valence-electron chi connectivity index (χ3n) is 7.93. The number of fused-ring (bicyclic) bond motifs is 2. The number of hydrogen-bond acceptors (Lipinski definition) is 4. The topological polar surface area (TPSA) is 87.4 Å². The third-order valence-corrected chi connectivity index (χ3v) is 9.85. The highest BCUT2D eigenvalue weighted by Crippen LogP contribution is 2.44. The molecule has 6 rings (SSSR count). The van der Waals surface area contributed by atoms with Gasteiger partial charge in [0, 0.05) is 53.2 Å². The zero-order valence-corrected chi connectivity index (χ0v) is 22.6. The van der Waals surface area contributed by atoms with Gasteiger partial charge in [-0.1, -0.05) is 0 Å². The van der Waals surface area contributed by atoms with Gasteiger partial charge >= 0.3 is 0 Å². The summed E-state index contributed by atoms with van der Waals surface area (Å²) in [5.41, 5.74) is 4.33. The quantitative estimate of drug-likeness (QED) is 0.260. The van der Waals surface area contributed by atoms with Crippen LogP contribution in [0.25, 0.3) is 21.8 Å². The lowest BCUT2D eigenvalue weighted by Crippen LogP contribution is -2.39. The minimum absolute atomic E-state index is 0.00221. The first-order valence-electron chi connectivity index (χ1n) is 12.9. The molecule has 0 spiro atoms. The Morgan fingerprint density at radius 1 is 0.821 bits per heavy atom. The van der Waals surface area contributed by atoms with E-state index in [9.17, 15) is 12.8 Å². The molecule has 0 saturated carbocycles. The summed E-state index contributed by atoms with van der Waals surface area (Å²) in [5, 5.41) is 2.16. The summed E-state index contributed by atoms with van der Waals surface area (Å²) < 4.78 is 52.6. The van der Waals surface area contributed by atoms with Gasteiger partial charge in [-0.3, -0.25) is 0 Å². The van der Waals surface area contributed by atoms with Gasteiger partial charge in [0.05, 0.1) is 19.1 Å². The van der Waals surface area contributed by atoms with E-state index in [1.54, 1.807) is 14.2 Å². The Labute approximate surface area is 226 Å². The van der Waals surface area contributed by atoms with Crippen LogP contribution in [0.3, 0.4) is 0 Å². The molecule has 0 unspecified atom stereocenters. The predicted octanol–water partition coefficient (Wildman–Crippen LogP) is 6.04. The average Bonchev–Trinajstić information content (AvgIpc) is 3.57. The SMILES string of the molecule is COc1ccc2[nH]cc(C(c3c[nH]c4ccc(OC)cc34)C3CCN(S(=O)(=O)c4ccc(F)cc4)CC3)c2c1. The Hall–Kier alpha value is -3.82. The van der Waals surface area contributed by atoms with Gasteiger partial charge in [0.15, 0.2) is 0 Å². The maximum atomic E-state index is 13.4. The molecule has 39 heavy (non-hydrogen) atoms. The van der Waals surface area contributed by atoms with Crippen LogP contribution in [0.1, 0.15) is 29.9 Å². The Morgan fingerprint density at radius 2 is 1.33 bits per heavy atom. The van der Waals surface area contributed by atoms with Crippen molar-refractivity contribution in [2.75, 3.05) is 27.3 Å². The smallest absolute Gasteiger partial charge is 0.243 e. The number of H-pyrrole nitrogens is 2. The van der Waals surface area contributed by atoms with Crippen LogP contribution in [0.5, 0.6) is 11.5 Å². The van der Waals surface area contributed by atoms with E-state index in [0.717, 1.165) is 44.4 Å². The second kappa shape index (κ2) is 10.1. The Bertz CT molecular complexity index is 1650. The number of aromatic nitrogens is 2. The summed E-state index contributed by atoms with van der Waals surface area (Å²) in [6.07, 6.45) is 5.49. The van der Waals surface area contributed by atoms with E-state index in [2.05, 4.69) is 34.5 Å². The van der Waals surface area contributed by atoms with E-state index < -0.39 is 15.8 Å². The Morgan fingerprint density at radius 3 is 1.82 bits per heavy atom. The first kappa shape index (κ1) is 25.5. The second-order valence-corrected chi connectivity index (χ2v) is 11.9. The molecule has 0 amide bonds. The van der Waals surface area contributed by atoms with Crippen LogP contribution in [0.2, 0.25) is 0 Å². The number of halogens is 1. The van der Waals surface area contributed by atoms with Crippen molar-refractivity contribution >= 4 is 31.8 Å².